The van der Waals surface area contributed by atoms with E-state index in [0.29, 0.717) is 29.1 Å². The molecule has 34 heavy (non-hydrogen) atoms. The number of fused-ring (bicyclic) bond motifs is 2. The van der Waals surface area contributed by atoms with E-state index in [-0.39, 0.29) is 11.5 Å². The molecule has 0 unspecified atom stereocenters. The Balaban J connectivity index is 1.81. The molecule has 2 aromatic carbocycles. The smallest absolute Gasteiger partial charge is 0.298 e. The SMILES string of the molecule is CCN1C(=O)C(C)(C)c2cc3c(N[C@H](C)c4cccc(C(F)(F)CO)c4F)nc(C)nc3cc21. The van der Waals surface area contributed by atoms with E-state index in [1.165, 1.54) is 12.1 Å². The first-order valence-corrected chi connectivity index (χ1v) is 11.1. The number of alkyl halides is 2. The molecule has 0 bridgehead atoms. The third kappa shape index (κ3) is 3.68. The summed E-state index contributed by atoms with van der Waals surface area (Å²) in [6.45, 7) is 8.04. The second-order valence-electron chi connectivity index (χ2n) is 9.12. The molecular weight excluding hydrogens is 445 g/mol. The van der Waals surface area contributed by atoms with Gasteiger partial charge in [0.15, 0.2) is 0 Å². The molecule has 0 saturated heterocycles. The number of aryl methyl sites for hydroxylation is 1. The van der Waals surface area contributed by atoms with Crippen LogP contribution in [0.1, 0.15) is 56.3 Å². The van der Waals surface area contributed by atoms with E-state index in [4.69, 9.17) is 5.11 Å². The maximum Gasteiger partial charge on any atom is 0.298 e. The van der Waals surface area contributed by atoms with Gasteiger partial charge in [0.1, 0.15) is 24.1 Å². The summed E-state index contributed by atoms with van der Waals surface area (Å²) in [6, 6.07) is 6.72. The fourth-order valence-electron chi connectivity index (χ4n) is 4.53. The second-order valence-corrected chi connectivity index (χ2v) is 9.12. The van der Waals surface area contributed by atoms with Gasteiger partial charge in [0.25, 0.3) is 5.92 Å². The Morgan fingerprint density at radius 1 is 1.24 bits per heavy atom. The van der Waals surface area contributed by atoms with Crippen LogP contribution in [0.3, 0.4) is 0 Å². The molecule has 9 heteroatoms. The average Bonchev–Trinajstić information content (AvgIpc) is 2.96. The van der Waals surface area contributed by atoms with Crippen molar-refractivity contribution in [3.63, 3.8) is 0 Å². The lowest BCUT2D eigenvalue weighted by Crippen LogP contribution is -2.35. The molecular formula is C25H27F3N4O2. The largest absolute Gasteiger partial charge is 0.390 e. The highest BCUT2D eigenvalue weighted by atomic mass is 19.3. The molecule has 4 rings (SSSR count). The molecule has 1 atom stereocenters. The minimum Gasteiger partial charge on any atom is -0.390 e. The Morgan fingerprint density at radius 2 is 1.94 bits per heavy atom. The topological polar surface area (TPSA) is 78.4 Å². The van der Waals surface area contributed by atoms with Crippen LogP contribution in [-0.2, 0) is 16.1 Å². The number of hydrogen-bond donors (Lipinski definition) is 2. The number of halogens is 3. The maximum atomic E-state index is 15.0. The first-order valence-electron chi connectivity index (χ1n) is 11.1. The van der Waals surface area contributed by atoms with Crippen molar-refractivity contribution < 1.29 is 23.1 Å². The lowest BCUT2D eigenvalue weighted by atomic mass is 9.85. The van der Waals surface area contributed by atoms with Gasteiger partial charge in [0.05, 0.1) is 28.2 Å². The molecule has 2 N–H and O–H groups in total. The number of benzene rings is 2. The number of amides is 1. The van der Waals surface area contributed by atoms with E-state index >= 15 is 4.39 Å². The number of anilines is 2. The number of carbonyl (C=O) groups is 1. The summed E-state index contributed by atoms with van der Waals surface area (Å²) in [5.41, 5.74) is 0.680. The van der Waals surface area contributed by atoms with Crippen LogP contribution in [0.15, 0.2) is 30.3 Å². The molecule has 0 fully saturated rings. The van der Waals surface area contributed by atoms with Crippen LogP contribution in [0, 0.1) is 12.7 Å². The number of aliphatic hydroxyl groups is 1. The first-order chi connectivity index (χ1) is 15.9. The molecule has 0 saturated carbocycles. The number of rotatable bonds is 6. The average molecular weight is 473 g/mol. The van der Waals surface area contributed by atoms with Crippen LogP contribution in [0.5, 0.6) is 0 Å². The summed E-state index contributed by atoms with van der Waals surface area (Å²) >= 11 is 0. The molecule has 1 amide bonds. The molecule has 6 nitrogen and oxygen atoms in total. The fourth-order valence-corrected chi connectivity index (χ4v) is 4.53. The van der Waals surface area contributed by atoms with E-state index in [1.807, 2.05) is 32.9 Å². The number of nitrogens with one attached hydrogen (secondary N) is 1. The van der Waals surface area contributed by atoms with Gasteiger partial charge in [-0.15, -0.1) is 0 Å². The van der Waals surface area contributed by atoms with Gasteiger partial charge < -0.3 is 15.3 Å². The summed E-state index contributed by atoms with van der Waals surface area (Å²) in [5, 5.41) is 12.8. The van der Waals surface area contributed by atoms with Crippen molar-refractivity contribution in [1.82, 2.24) is 9.97 Å². The normalized spacial score (nSPS) is 16.1. The maximum absolute atomic E-state index is 15.0. The monoisotopic (exact) mass is 472 g/mol. The van der Waals surface area contributed by atoms with E-state index in [0.717, 1.165) is 17.3 Å². The zero-order valence-corrected chi connectivity index (χ0v) is 19.7. The highest BCUT2D eigenvalue weighted by Crippen LogP contribution is 2.44. The van der Waals surface area contributed by atoms with Crippen molar-refractivity contribution in [2.24, 2.45) is 0 Å². The zero-order chi connectivity index (χ0) is 25.0. The van der Waals surface area contributed by atoms with E-state index in [2.05, 4.69) is 15.3 Å². The van der Waals surface area contributed by atoms with Crippen LogP contribution in [0.2, 0.25) is 0 Å². The molecule has 1 aliphatic rings. The van der Waals surface area contributed by atoms with Gasteiger partial charge in [0, 0.05) is 17.5 Å². The van der Waals surface area contributed by atoms with Gasteiger partial charge >= 0.3 is 0 Å². The molecule has 180 valence electrons. The number of likely N-dealkylation sites (N-methyl/N-ethyl adjacent to an activating group) is 1. The van der Waals surface area contributed by atoms with E-state index in [1.54, 1.807) is 18.7 Å². The van der Waals surface area contributed by atoms with Crippen molar-refractivity contribution in [3.8, 4) is 0 Å². The number of nitrogens with zero attached hydrogens (tertiary/aromatic N) is 3. The summed E-state index contributed by atoms with van der Waals surface area (Å²) in [4.78, 5) is 23.7. The van der Waals surface area contributed by atoms with Crippen LogP contribution in [-0.4, -0.2) is 34.1 Å². The van der Waals surface area contributed by atoms with E-state index < -0.39 is 35.4 Å². The van der Waals surface area contributed by atoms with Gasteiger partial charge in [-0.25, -0.2) is 14.4 Å². The Hall–Kier alpha value is -3.20. The highest BCUT2D eigenvalue weighted by Gasteiger charge is 2.43. The third-order valence-corrected chi connectivity index (χ3v) is 6.43. The van der Waals surface area contributed by atoms with Gasteiger partial charge in [-0.3, -0.25) is 4.79 Å². The predicted molar refractivity (Wildman–Crippen MR) is 125 cm³/mol. The molecule has 1 aliphatic heterocycles. The van der Waals surface area contributed by atoms with Crippen molar-refractivity contribution in [2.45, 2.75) is 52.0 Å². The Kier molecular flexibility index (Phi) is 5.80. The minimum absolute atomic E-state index is 0.00318. The van der Waals surface area contributed by atoms with Gasteiger partial charge in [-0.2, -0.15) is 8.78 Å². The standard InChI is InChI=1S/C25H27F3N4O2/c1-6-32-20-11-19-16(10-18(20)24(4,5)23(32)34)22(31-14(3)30-19)29-13(2)15-8-7-9-17(21(15)26)25(27,28)12-33/h7-11,13,33H,6,12H2,1-5H3,(H,29,30,31)/t13-/m1/s1. The molecule has 2 heterocycles. The summed E-state index contributed by atoms with van der Waals surface area (Å²) < 4.78 is 43.0. The van der Waals surface area contributed by atoms with Crippen molar-refractivity contribution >= 4 is 28.3 Å². The molecule has 0 spiro atoms. The number of hydrogen-bond acceptors (Lipinski definition) is 5. The Morgan fingerprint density at radius 3 is 2.59 bits per heavy atom. The molecule has 0 aliphatic carbocycles. The Bertz CT molecular complexity index is 1290. The van der Waals surface area contributed by atoms with Crippen molar-refractivity contribution in [3.05, 3.63) is 58.7 Å². The fraction of sp³-hybridized carbons (Fsp3) is 0.400. The molecule has 1 aromatic heterocycles. The van der Waals surface area contributed by atoms with Crippen LogP contribution in [0.4, 0.5) is 24.7 Å². The van der Waals surface area contributed by atoms with Crippen molar-refractivity contribution in [1.29, 1.82) is 0 Å². The minimum atomic E-state index is -3.69. The number of carbonyl (C=O) groups excluding carboxylic acids is 1. The van der Waals surface area contributed by atoms with Gasteiger partial charge in [-0.05, 0) is 58.4 Å². The summed E-state index contributed by atoms with van der Waals surface area (Å²) in [6.07, 6.45) is 0. The van der Waals surface area contributed by atoms with Crippen molar-refractivity contribution in [2.75, 3.05) is 23.4 Å². The quantitative estimate of drug-likeness (QED) is 0.529. The molecule has 0 radical (unpaired) electrons. The Labute approximate surface area is 195 Å². The first kappa shape index (κ1) is 23.9. The summed E-state index contributed by atoms with van der Waals surface area (Å²) in [5.74, 6) is -3.90. The van der Waals surface area contributed by atoms with E-state index in [9.17, 15) is 13.6 Å². The lowest BCUT2D eigenvalue weighted by Gasteiger charge is -2.21. The molecule has 3 aromatic rings. The van der Waals surface area contributed by atoms with Gasteiger partial charge in [-0.1, -0.05) is 12.1 Å². The predicted octanol–water partition coefficient (Wildman–Crippen LogP) is 4.98. The number of aromatic nitrogens is 2. The van der Waals surface area contributed by atoms with Crippen LogP contribution < -0.4 is 10.2 Å². The van der Waals surface area contributed by atoms with Crippen LogP contribution >= 0.6 is 0 Å². The highest BCUT2D eigenvalue weighted by molar-refractivity contribution is 6.10. The second kappa shape index (κ2) is 8.23. The number of aliphatic hydroxyl groups excluding tert-OH is 1. The zero-order valence-electron chi connectivity index (χ0n) is 19.7. The van der Waals surface area contributed by atoms with Crippen LogP contribution in [0.25, 0.3) is 10.9 Å². The van der Waals surface area contributed by atoms with Gasteiger partial charge in [0.2, 0.25) is 5.91 Å². The third-order valence-electron chi connectivity index (χ3n) is 6.43. The lowest BCUT2D eigenvalue weighted by molar-refractivity contribution is -0.122. The summed E-state index contributed by atoms with van der Waals surface area (Å²) in [7, 11) is 0.